The van der Waals surface area contributed by atoms with Gasteiger partial charge in [-0.05, 0) is 32.4 Å². The fourth-order valence-electron chi connectivity index (χ4n) is 1.29. The van der Waals surface area contributed by atoms with Gasteiger partial charge in [0.1, 0.15) is 5.75 Å². The van der Waals surface area contributed by atoms with Crippen molar-refractivity contribution in [3.8, 4) is 5.75 Å². The Morgan fingerprint density at radius 3 is 2.60 bits per heavy atom. The van der Waals surface area contributed by atoms with Crippen molar-refractivity contribution >= 4 is 11.6 Å². The largest absolute Gasteiger partial charge is 0.489 e. The van der Waals surface area contributed by atoms with E-state index in [4.69, 9.17) is 16.3 Å². The molecular weight excluding hydrogens is 208 g/mol. The van der Waals surface area contributed by atoms with E-state index in [0.717, 1.165) is 5.56 Å². The molecule has 0 N–H and O–H groups in total. The Morgan fingerprint density at radius 2 is 2.07 bits per heavy atom. The van der Waals surface area contributed by atoms with Crippen molar-refractivity contribution < 1.29 is 4.74 Å². The minimum Gasteiger partial charge on any atom is -0.489 e. The Bertz CT molecular complexity index is 344. The maximum absolute atomic E-state index is 6.21. The molecule has 0 bridgehead atoms. The molecule has 1 radical (unpaired) electrons. The van der Waals surface area contributed by atoms with Gasteiger partial charge in [0.15, 0.2) is 0 Å². The molecule has 0 aromatic heterocycles. The van der Waals surface area contributed by atoms with E-state index in [1.807, 2.05) is 32.0 Å². The molecule has 0 heterocycles. The van der Waals surface area contributed by atoms with Gasteiger partial charge in [0.25, 0.3) is 0 Å². The molecule has 81 valence electrons. The second-order valence-corrected chi connectivity index (χ2v) is 4.05. The summed E-state index contributed by atoms with van der Waals surface area (Å²) in [4.78, 5) is 0. The summed E-state index contributed by atoms with van der Waals surface area (Å²) in [6, 6.07) is 5.72. The molecule has 0 aliphatic rings. The lowest BCUT2D eigenvalue weighted by molar-refractivity contribution is 0.242. The second-order valence-electron chi connectivity index (χ2n) is 3.67. The van der Waals surface area contributed by atoms with Gasteiger partial charge in [-0.2, -0.15) is 0 Å². The lowest BCUT2D eigenvalue weighted by Gasteiger charge is -2.15. The Kier molecular flexibility index (Phi) is 4.22. The third-order valence-electron chi connectivity index (χ3n) is 2.04. The molecule has 0 saturated carbocycles. The number of allylic oxidation sites excluding steroid dienone is 1. The van der Waals surface area contributed by atoms with Crippen LogP contribution in [0.1, 0.15) is 25.3 Å². The van der Waals surface area contributed by atoms with Crippen LogP contribution in [0.2, 0.25) is 5.02 Å². The highest BCUT2D eigenvalue weighted by atomic mass is 35.5. The van der Waals surface area contributed by atoms with Gasteiger partial charge in [0, 0.05) is 5.92 Å². The van der Waals surface area contributed by atoms with Crippen molar-refractivity contribution in [2.45, 2.75) is 25.9 Å². The summed E-state index contributed by atoms with van der Waals surface area (Å²) in [5.41, 5.74) is 0.949. The van der Waals surface area contributed by atoms with E-state index in [1.54, 1.807) is 6.08 Å². The van der Waals surface area contributed by atoms with Crippen LogP contribution in [0.25, 0.3) is 0 Å². The van der Waals surface area contributed by atoms with Gasteiger partial charge >= 0.3 is 0 Å². The third-order valence-corrected chi connectivity index (χ3v) is 2.44. The second kappa shape index (κ2) is 5.22. The zero-order valence-corrected chi connectivity index (χ0v) is 9.92. The lowest BCUT2D eigenvalue weighted by Crippen LogP contribution is -2.06. The SMILES string of the molecule is [CH2]C(C=C)c1cccc(OC(C)C)c1Cl. The van der Waals surface area contributed by atoms with Gasteiger partial charge in [-0.25, -0.2) is 0 Å². The highest BCUT2D eigenvalue weighted by Gasteiger charge is 2.11. The summed E-state index contributed by atoms with van der Waals surface area (Å²) in [7, 11) is 0. The first-order chi connectivity index (χ1) is 7.06. The smallest absolute Gasteiger partial charge is 0.138 e. The molecule has 2 heteroatoms. The summed E-state index contributed by atoms with van der Waals surface area (Å²) in [6.07, 6.45) is 1.88. The molecule has 1 unspecified atom stereocenters. The first-order valence-electron chi connectivity index (χ1n) is 4.97. The summed E-state index contributed by atoms with van der Waals surface area (Å²) in [5, 5.41) is 0.631. The quantitative estimate of drug-likeness (QED) is 0.694. The molecule has 0 amide bonds. The van der Waals surface area contributed by atoms with Gasteiger partial charge < -0.3 is 4.74 Å². The predicted molar refractivity (Wildman–Crippen MR) is 65.5 cm³/mol. The molecule has 0 aliphatic carbocycles. The van der Waals surface area contributed by atoms with Crippen LogP contribution in [-0.4, -0.2) is 6.10 Å². The fraction of sp³-hybridized carbons (Fsp3) is 0.308. The molecule has 0 spiro atoms. The highest BCUT2D eigenvalue weighted by Crippen LogP contribution is 2.33. The van der Waals surface area contributed by atoms with Crippen LogP contribution in [0.5, 0.6) is 5.75 Å². The van der Waals surface area contributed by atoms with Crippen LogP contribution in [0.3, 0.4) is 0 Å². The van der Waals surface area contributed by atoms with Gasteiger partial charge in [0.2, 0.25) is 0 Å². The van der Waals surface area contributed by atoms with E-state index in [2.05, 4.69) is 13.5 Å². The molecular formula is C13H16ClO. The van der Waals surface area contributed by atoms with Crippen LogP contribution in [-0.2, 0) is 0 Å². The van der Waals surface area contributed by atoms with Crippen LogP contribution >= 0.6 is 11.6 Å². The number of benzene rings is 1. The van der Waals surface area contributed by atoms with Crippen molar-refractivity contribution in [1.82, 2.24) is 0 Å². The van der Waals surface area contributed by atoms with Crippen molar-refractivity contribution in [2.24, 2.45) is 0 Å². The number of halogens is 1. The maximum Gasteiger partial charge on any atom is 0.138 e. The predicted octanol–water partition coefficient (Wildman–Crippen LogP) is 4.23. The van der Waals surface area contributed by atoms with Gasteiger partial charge in [-0.3, -0.25) is 0 Å². The topological polar surface area (TPSA) is 9.23 Å². The first kappa shape index (κ1) is 12.1. The van der Waals surface area contributed by atoms with Crippen molar-refractivity contribution in [2.75, 3.05) is 0 Å². The molecule has 1 aromatic carbocycles. The lowest BCUT2D eigenvalue weighted by atomic mass is 10.0. The zero-order valence-electron chi connectivity index (χ0n) is 9.16. The van der Waals surface area contributed by atoms with E-state index in [9.17, 15) is 0 Å². The number of hydrogen-bond donors (Lipinski definition) is 0. The van der Waals surface area contributed by atoms with Crippen molar-refractivity contribution in [1.29, 1.82) is 0 Å². The molecule has 1 aromatic rings. The van der Waals surface area contributed by atoms with Crippen LogP contribution in [0.15, 0.2) is 30.9 Å². The minimum atomic E-state index is -0.00628. The molecule has 0 aliphatic heterocycles. The normalized spacial score (nSPS) is 12.6. The summed E-state index contributed by atoms with van der Waals surface area (Å²) in [6.45, 7) is 11.6. The van der Waals surface area contributed by atoms with Crippen LogP contribution in [0, 0.1) is 6.92 Å². The average Bonchev–Trinajstić information content (AvgIpc) is 2.19. The van der Waals surface area contributed by atoms with Gasteiger partial charge in [-0.15, -0.1) is 6.58 Å². The fourth-order valence-corrected chi connectivity index (χ4v) is 1.60. The molecule has 0 saturated heterocycles. The Labute approximate surface area is 96.7 Å². The van der Waals surface area contributed by atoms with Gasteiger partial charge in [0.05, 0.1) is 11.1 Å². The van der Waals surface area contributed by atoms with E-state index in [1.165, 1.54) is 0 Å². The van der Waals surface area contributed by atoms with Crippen LogP contribution < -0.4 is 4.74 Å². The van der Waals surface area contributed by atoms with E-state index >= 15 is 0 Å². The molecule has 1 atom stereocenters. The monoisotopic (exact) mass is 223 g/mol. The highest BCUT2D eigenvalue weighted by molar-refractivity contribution is 6.32. The number of hydrogen-bond acceptors (Lipinski definition) is 1. The van der Waals surface area contributed by atoms with Crippen molar-refractivity contribution in [3.05, 3.63) is 48.4 Å². The molecule has 0 fully saturated rings. The van der Waals surface area contributed by atoms with Gasteiger partial charge in [-0.1, -0.05) is 29.8 Å². The first-order valence-corrected chi connectivity index (χ1v) is 5.34. The summed E-state index contributed by atoms with van der Waals surface area (Å²) in [5.74, 6) is 0.702. The molecule has 1 rings (SSSR count). The zero-order chi connectivity index (χ0) is 11.4. The van der Waals surface area contributed by atoms with Crippen LogP contribution in [0.4, 0.5) is 0 Å². The average molecular weight is 224 g/mol. The third kappa shape index (κ3) is 3.00. The van der Waals surface area contributed by atoms with E-state index < -0.39 is 0 Å². The number of rotatable bonds is 4. The Balaban J connectivity index is 3.05. The van der Waals surface area contributed by atoms with E-state index in [-0.39, 0.29) is 12.0 Å². The maximum atomic E-state index is 6.21. The van der Waals surface area contributed by atoms with E-state index in [0.29, 0.717) is 10.8 Å². The summed E-state index contributed by atoms with van der Waals surface area (Å²) < 4.78 is 5.59. The van der Waals surface area contributed by atoms with Crippen molar-refractivity contribution in [3.63, 3.8) is 0 Å². The minimum absolute atomic E-state index is 0.00628. The number of ether oxygens (including phenoxy) is 1. The standard InChI is InChI=1S/C13H16ClO/c1-5-10(4)11-7-6-8-12(13(11)14)15-9(2)3/h5-10H,1,4H2,2-3H3. The Morgan fingerprint density at radius 1 is 1.40 bits per heavy atom. The molecule has 1 nitrogen and oxygen atoms in total. The summed E-state index contributed by atoms with van der Waals surface area (Å²) >= 11 is 6.21. The molecule has 15 heavy (non-hydrogen) atoms. The Hall–Kier alpha value is -0.950.